The number of nitrogens with two attached hydrogens (primary N) is 1. The van der Waals surface area contributed by atoms with Gasteiger partial charge in [-0.15, -0.1) is 0 Å². The Hall–Kier alpha value is -2.21. The summed E-state index contributed by atoms with van der Waals surface area (Å²) in [6.45, 7) is -0.845. The molecule has 23 nitrogen and oxygen atoms in total. The van der Waals surface area contributed by atoms with Gasteiger partial charge in [-0.2, -0.15) is 16.8 Å². The maximum atomic E-state index is 12.1. The van der Waals surface area contributed by atoms with Crippen LogP contribution in [-0.2, 0) is 67.4 Å². The summed E-state index contributed by atoms with van der Waals surface area (Å²) < 4.78 is 94.7. The Kier molecular flexibility index (Phi) is 13.9. The molecule has 0 bridgehead atoms. The van der Waals surface area contributed by atoms with Gasteiger partial charge in [0.2, 0.25) is 5.91 Å². The highest BCUT2D eigenvalue weighted by Crippen LogP contribution is 2.32. The SMILES string of the molecule is CC(=O)N[C@H]1[C@H](OC/C=N\OCCON)O[C@H](COS(=O)(=O)O)[C@H](OS(=O)(=O)O)[C@@H]1O[C@@H]1O[C@H](C(=O)O)[C@@H](O)[C@H](O)[C@H]1O. The number of hydrogen-bond acceptors (Lipinski definition) is 19. The van der Waals surface area contributed by atoms with Crippen LogP contribution in [0.4, 0.5) is 0 Å². The highest BCUT2D eigenvalue weighted by molar-refractivity contribution is 7.81. The molecule has 0 saturated carbocycles. The third kappa shape index (κ3) is 11.7. The number of carboxylic acid groups (broad SMARTS) is 1. The average molecular weight is 674 g/mol. The van der Waals surface area contributed by atoms with Crippen LogP contribution in [0.15, 0.2) is 5.16 Å². The van der Waals surface area contributed by atoms with Crippen LogP contribution in [0, 0.1) is 0 Å². The van der Waals surface area contributed by atoms with Crippen molar-refractivity contribution in [3.63, 3.8) is 0 Å². The molecule has 43 heavy (non-hydrogen) atoms. The predicted molar refractivity (Wildman–Crippen MR) is 130 cm³/mol. The lowest BCUT2D eigenvalue weighted by Gasteiger charge is -2.47. The van der Waals surface area contributed by atoms with Crippen molar-refractivity contribution in [3.05, 3.63) is 0 Å². The zero-order valence-electron chi connectivity index (χ0n) is 21.9. The van der Waals surface area contributed by atoms with E-state index in [1.807, 2.05) is 0 Å². The highest BCUT2D eigenvalue weighted by atomic mass is 32.3. The fraction of sp³-hybridized carbons (Fsp3) is 0.833. The highest BCUT2D eigenvalue weighted by Gasteiger charge is 2.55. The summed E-state index contributed by atoms with van der Waals surface area (Å²) in [5.41, 5.74) is 0. The predicted octanol–water partition coefficient (Wildman–Crippen LogP) is -5.59. The molecule has 1 amide bonds. The molecule has 9 N–H and O–H groups in total. The minimum atomic E-state index is -5.47. The number of aliphatic carboxylic acids is 1. The normalized spacial score (nSPS) is 33.7. The Labute approximate surface area is 243 Å². The van der Waals surface area contributed by atoms with Crippen molar-refractivity contribution in [2.24, 2.45) is 11.1 Å². The monoisotopic (exact) mass is 673 g/mol. The Morgan fingerprint density at radius 1 is 0.977 bits per heavy atom. The number of ether oxygens (including phenoxy) is 4. The van der Waals surface area contributed by atoms with Gasteiger partial charge in [-0.05, 0) is 0 Å². The Morgan fingerprint density at radius 2 is 1.65 bits per heavy atom. The minimum absolute atomic E-state index is 0.0261. The lowest BCUT2D eigenvalue weighted by Crippen LogP contribution is -2.69. The second-order valence-electron chi connectivity index (χ2n) is 8.63. The maximum Gasteiger partial charge on any atom is 0.397 e. The number of carboxylic acids is 1. The third-order valence-electron chi connectivity index (χ3n) is 5.51. The number of aliphatic hydroxyl groups excluding tert-OH is 3. The lowest BCUT2D eigenvalue weighted by molar-refractivity contribution is -0.336. The van der Waals surface area contributed by atoms with Crippen molar-refractivity contribution in [3.8, 4) is 0 Å². The van der Waals surface area contributed by atoms with Gasteiger partial charge in [0.25, 0.3) is 0 Å². The van der Waals surface area contributed by atoms with Crippen molar-refractivity contribution < 1.29 is 92.9 Å². The van der Waals surface area contributed by atoms with Gasteiger partial charge in [-0.25, -0.2) is 19.1 Å². The van der Waals surface area contributed by atoms with Gasteiger partial charge in [0.1, 0.15) is 55.9 Å². The van der Waals surface area contributed by atoms with Gasteiger partial charge in [0.05, 0.1) is 19.4 Å². The van der Waals surface area contributed by atoms with Crippen molar-refractivity contribution in [2.75, 3.05) is 26.4 Å². The molecule has 0 aromatic carbocycles. The molecule has 2 heterocycles. The summed E-state index contributed by atoms with van der Waals surface area (Å²) in [6.07, 6.45) is -18.0. The first-order valence-electron chi connectivity index (χ1n) is 11.8. The van der Waals surface area contributed by atoms with E-state index in [4.69, 9.17) is 34.2 Å². The molecule has 250 valence electrons. The van der Waals surface area contributed by atoms with E-state index in [1.54, 1.807) is 0 Å². The van der Waals surface area contributed by atoms with E-state index in [2.05, 4.69) is 23.7 Å². The quantitative estimate of drug-likeness (QED) is 0.0327. The Morgan fingerprint density at radius 3 is 2.21 bits per heavy atom. The number of nitrogens with one attached hydrogen (secondary N) is 1. The molecule has 2 fully saturated rings. The first-order valence-corrected chi connectivity index (χ1v) is 14.5. The zero-order valence-corrected chi connectivity index (χ0v) is 23.6. The number of carbonyl (C=O) groups is 2. The number of carbonyl (C=O) groups excluding carboxylic acids is 1. The molecule has 0 unspecified atom stereocenters. The summed E-state index contributed by atoms with van der Waals surface area (Å²) in [6, 6.07) is -1.71. The molecule has 0 spiro atoms. The first-order chi connectivity index (χ1) is 19.9. The molecule has 25 heteroatoms. The van der Waals surface area contributed by atoms with E-state index in [1.165, 1.54) is 0 Å². The molecular weight excluding hydrogens is 642 g/mol. The van der Waals surface area contributed by atoms with Gasteiger partial charge < -0.3 is 54.4 Å². The van der Waals surface area contributed by atoms with E-state index in [-0.39, 0.29) is 13.2 Å². The van der Waals surface area contributed by atoms with Gasteiger partial charge >= 0.3 is 26.8 Å². The van der Waals surface area contributed by atoms with E-state index in [9.17, 15) is 51.4 Å². The standard InChI is InChI=1S/C18H31N3O20S2/c1-7(22)21-9-14(39-18-12(25)10(23)11(24)15(40-18)16(26)27)13(41-43(31,32)33)8(6-37-42(28,29)30)38-17(9)34-3-2-20-36-5-4-35-19/h2,8-15,17-18,23-25H,3-6,19H2,1H3,(H,21,22)(H,26,27)(H,28,29,30)(H,31,32,33)/b20-2-/t8-,9-,10+,11+,12-,13+,14-,15+,17-,18-/m1/s1. The summed E-state index contributed by atoms with van der Waals surface area (Å²) in [5.74, 6) is 2.17. The van der Waals surface area contributed by atoms with Crippen molar-refractivity contribution >= 4 is 38.9 Å². The van der Waals surface area contributed by atoms with Crippen LogP contribution < -0.4 is 11.2 Å². The van der Waals surface area contributed by atoms with E-state index in [0.29, 0.717) is 0 Å². The van der Waals surface area contributed by atoms with Gasteiger partial charge in [-0.1, -0.05) is 5.16 Å². The number of aliphatic hydroxyl groups is 3. The molecule has 0 aromatic heterocycles. The number of hydrogen-bond donors (Lipinski definition) is 8. The van der Waals surface area contributed by atoms with Gasteiger partial charge in [0.15, 0.2) is 18.7 Å². The summed E-state index contributed by atoms with van der Waals surface area (Å²) >= 11 is 0. The van der Waals surface area contributed by atoms with Crippen LogP contribution in [0.25, 0.3) is 0 Å². The fourth-order valence-corrected chi connectivity index (χ4v) is 4.64. The van der Waals surface area contributed by atoms with E-state index in [0.717, 1.165) is 13.1 Å². The molecule has 2 aliphatic rings. The van der Waals surface area contributed by atoms with E-state index >= 15 is 0 Å². The maximum absolute atomic E-state index is 12.1. The summed E-state index contributed by atoms with van der Waals surface area (Å²) in [5, 5.41) is 45.7. The van der Waals surface area contributed by atoms with Crippen molar-refractivity contribution in [2.45, 2.75) is 68.3 Å². The van der Waals surface area contributed by atoms with Crippen LogP contribution in [-0.4, -0.2) is 152 Å². The molecule has 0 aromatic rings. The van der Waals surface area contributed by atoms with Crippen LogP contribution in [0.5, 0.6) is 0 Å². The largest absolute Gasteiger partial charge is 0.479 e. The van der Waals surface area contributed by atoms with Gasteiger partial charge in [-0.3, -0.25) is 13.9 Å². The molecule has 0 radical (unpaired) electrons. The minimum Gasteiger partial charge on any atom is -0.479 e. The Bertz CT molecular complexity index is 1170. The number of rotatable bonds is 16. The fourth-order valence-electron chi connectivity index (χ4n) is 3.82. The Balaban J connectivity index is 2.51. The lowest BCUT2D eigenvalue weighted by atomic mass is 9.95. The molecule has 10 atom stereocenters. The molecule has 2 rings (SSSR count). The van der Waals surface area contributed by atoms with Crippen molar-refractivity contribution in [1.29, 1.82) is 0 Å². The summed E-state index contributed by atoms with van der Waals surface area (Å²) in [7, 11) is -10.7. The second-order valence-corrected chi connectivity index (χ2v) is 10.8. The topological polar surface area (TPSA) is 348 Å². The molecular formula is C18H31N3O20S2. The zero-order chi connectivity index (χ0) is 32.5. The van der Waals surface area contributed by atoms with Crippen LogP contribution in [0.3, 0.4) is 0 Å². The second kappa shape index (κ2) is 16.2. The number of nitrogens with zero attached hydrogens (tertiary/aromatic N) is 1. The van der Waals surface area contributed by atoms with Crippen LogP contribution >= 0.6 is 0 Å². The number of amides is 1. The first kappa shape index (κ1) is 37.0. The smallest absolute Gasteiger partial charge is 0.397 e. The number of oxime groups is 1. The van der Waals surface area contributed by atoms with Crippen molar-refractivity contribution in [1.82, 2.24) is 5.32 Å². The van der Waals surface area contributed by atoms with Crippen LogP contribution in [0.2, 0.25) is 0 Å². The van der Waals surface area contributed by atoms with E-state index < -0.39 is 107 Å². The molecule has 0 aliphatic carbocycles. The average Bonchev–Trinajstić information content (AvgIpc) is 2.88. The van der Waals surface area contributed by atoms with Gasteiger partial charge in [0, 0.05) is 6.92 Å². The van der Waals surface area contributed by atoms with Crippen LogP contribution in [0.1, 0.15) is 6.92 Å². The molecule has 2 saturated heterocycles. The third-order valence-corrected chi connectivity index (χ3v) is 6.41. The summed E-state index contributed by atoms with van der Waals surface area (Å²) in [4.78, 5) is 32.7. The molecule has 2 aliphatic heterocycles.